The van der Waals surface area contributed by atoms with Crippen molar-refractivity contribution in [1.82, 2.24) is 19.8 Å². The Bertz CT molecular complexity index is 719. The molecule has 1 aromatic heterocycles. The van der Waals surface area contributed by atoms with Gasteiger partial charge in [-0.2, -0.15) is 0 Å². The van der Waals surface area contributed by atoms with Crippen molar-refractivity contribution in [3.05, 3.63) is 30.1 Å². The van der Waals surface area contributed by atoms with E-state index in [1.807, 2.05) is 24.3 Å². The molecule has 1 aromatic carbocycles. The zero-order chi connectivity index (χ0) is 16.4. The summed E-state index contributed by atoms with van der Waals surface area (Å²) in [4.78, 5) is 45.5. The lowest BCUT2D eigenvalue weighted by Crippen LogP contribution is -2.34. The molecule has 1 aliphatic heterocycles. The molecule has 0 radical (unpaired) electrons. The van der Waals surface area contributed by atoms with Crippen molar-refractivity contribution >= 4 is 28.8 Å². The molecule has 0 bridgehead atoms. The zero-order valence-corrected chi connectivity index (χ0v) is 12.9. The minimum Gasteiger partial charge on any atom is -0.340 e. The second-order valence-electron chi connectivity index (χ2n) is 5.64. The highest BCUT2D eigenvalue weighted by atomic mass is 16.2. The van der Waals surface area contributed by atoms with Crippen LogP contribution in [0.1, 0.15) is 25.1 Å². The van der Waals surface area contributed by atoms with E-state index in [9.17, 15) is 14.4 Å². The second-order valence-corrected chi connectivity index (χ2v) is 5.64. The zero-order valence-electron chi connectivity index (χ0n) is 12.9. The number of likely N-dealkylation sites (tertiary alicyclic amines) is 1. The number of amides is 3. The Morgan fingerprint density at radius 2 is 1.96 bits per heavy atom. The van der Waals surface area contributed by atoms with Crippen molar-refractivity contribution in [3.63, 3.8) is 0 Å². The molecule has 3 rings (SSSR count). The molecule has 0 saturated carbocycles. The molecule has 2 aromatic rings. The number of H-pyrrole nitrogens is 1. The first-order chi connectivity index (χ1) is 11.0. The molecule has 120 valence electrons. The maximum Gasteiger partial charge on any atom is 0.229 e. The normalized spacial score (nSPS) is 14.7. The standard InChI is InChI=1S/C16H18N4O3/c1-19(10-13-17-11-4-2-3-5-12(11)18-13)14(21)8-9-20-15(22)6-7-16(20)23/h2-5H,6-10H2,1H3,(H,17,18). The van der Waals surface area contributed by atoms with Crippen molar-refractivity contribution in [3.8, 4) is 0 Å². The summed E-state index contributed by atoms with van der Waals surface area (Å²) in [6.07, 6.45) is 0.637. The van der Waals surface area contributed by atoms with Gasteiger partial charge in [-0.3, -0.25) is 19.3 Å². The molecule has 0 aliphatic carbocycles. The molecule has 1 fully saturated rings. The van der Waals surface area contributed by atoms with Gasteiger partial charge in [-0.25, -0.2) is 4.98 Å². The van der Waals surface area contributed by atoms with Gasteiger partial charge < -0.3 is 9.88 Å². The van der Waals surface area contributed by atoms with Gasteiger partial charge in [0.1, 0.15) is 5.82 Å². The van der Waals surface area contributed by atoms with E-state index in [0.717, 1.165) is 11.0 Å². The number of carbonyl (C=O) groups excluding carboxylic acids is 3. The summed E-state index contributed by atoms with van der Waals surface area (Å²) in [5, 5.41) is 0. The molecule has 0 unspecified atom stereocenters. The molecule has 3 amide bonds. The van der Waals surface area contributed by atoms with Crippen molar-refractivity contribution < 1.29 is 14.4 Å². The lowest BCUT2D eigenvalue weighted by molar-refractivity contribution is -0.139. The SMILES string of the molecule is CN(Cc1nc2ccccc2[nH]1)C(=O)CCN1C(=O)CCC1=O. The third-order valence-electron chi connectivity index (χ3n) is 3.96. The van der Waals surface area contributed by atoms with E-state index < -0.39 is 0 Å². The van der Waals surface area contributed by atoms with Gasteiger partial charge in [0.15, 0.2) is 0 Å². The second kappa shape index (κ2) is 6.20. The smallest absolute Gasteiger partial charge is 0.229 e. The molecule has 0 spiro atoms. The van der Waals surface area contributed by atoms with Gasteiger partial charge in [-0.15, -0.1) is 0 Å². The van der Waals surface area contributed by atoms with E-state index in [2.05, 4.69) is 9.97 Å². The van der Waals surface area contributed by atoms with Gasteiger partial charge >= 0.3 is 0 Å². The van der Waals surface area contributed by atoms with Gasteiger partial charge in [0.05, 0.1) is 17.6 Å². The average Bonchev–Trinajstić information content (AvgIpc) is 3.08. The third-order valence-corrected chi connectivity index (χ3v) is 3.96. The largest absolute Gasteiger partial charge is 0.340 e. The molecule has 23 heavy (non-hydrogen) atoms. The number of carbonyl (C=O) groups is 3. The van der Waals surface area contributed by atoms with Crippen LogP contribution in [0.2, 0.25) is 0 Å². The number of nitrogens with zero attached hydrogens (tertiary/aromatic N) is 3. The van der Waals surface area contributed by atoms with Gasteiger partial charge in [-0.1, -0.05) is 12.1 Å². The summed E-state index contributed by atoms with van der Waals surface area (Å²) in [6.45, 7) is 0.510. The van der Waals surface area contributed by atoms with E-state index in [4.69, 9.17) is 0 Å². The van der Waals surface area contributed by atoms with E-state index >= 15 is 0 Å². The Hall–Kier alpha value is -2.70. The minimum absolute atomic E-state index is 0.127. The molecular weight excluding hydrogens is 296 g/mol. The van der Waals surface area contributed by atoms with Gasteiger partial charge in [0.25, 0.3) is 0 Å². The summed E-state index contributed by atoms with van der Waals surface area (Å²) < 4.78 is 0. The van der Waals surface area contributed by atoms with Crippen molar-refractivity contribution in [1.29, 1.82) is 0 Å². The Morgan fingerprint density at radius 3 is 2.65 bits per heavy atom. The first-order valence-corrected chi connectivity index (χ1v) is 7.55. The number of nitrogens with one attached hydrogen (secondary N) is 1. The van der Waals surface area contributed by atoms with Crippen LogP contribution in [-0.2, 0) is 20.9 Å². The first-order valence-electron chi connectivity index (χ1n) is 7.55. The number of para-hydroxylation sites is 2. The van der Waals surface area contributed by atoms with E-state index in [0.29, 0.717) is 12.4 Å². The van der Waals surface area contributed by atoms with Crippen LogP contribution < -0.4 is 0 Å². The third kappa shape index (κ3) is 3.23. The van der Waals surface area contributed by atoms with Crippen LogP contribution in [0.3, 0.4) is 0 Å². The van der Waals surface area contributed by atoms with Crippen LogP contribution in [0.25, 0.3) is 11.0 Å². The Balaban J connectivity index is 1.57. The lowest BCUT2D eigenvalue weighted by Gasteiger charge is -2.18. The highest BCUT2D eigenvalue weighted by Crippen LogP contribution is 2.14. The predicted molar refractivity (Wildman–Crippen MR) is 83.1 cm³/mol. The predicted octanol–water partition coefficient (Wildman–Crippen LogP) is 1.06. The molecule has 0 atom stereocenters. The molecule has 1 saturated heterocycles. The van der Waals surface area contributed by atoms with Crippen LogP contribution in [0.15, 0.2) is 24.3 Å². The molecule has 1 aliphatic rings. The van der Waals surface area contributed by atoms with Crippen LogP contribution in [0.4, 0.5) is 0 Å². The average molecular weight is 314 g/mol. The Morgan fingerprint density at radius 1 is 1.26 bits per heavy atom. The summed E-state index contributed by atoms with van der Waals surface area (Å²) in [6, 6.07) is 7.66. The Labute approximate surface area is 133 Å². The fourth-order valence-electron chi connectivity index (χ4n) is 2.66. The van der Waals surface area contributed by atoms with Gasteiger partial charge in [-0.05, 0) is 12.1 Å². The number of imidazole rings is 1. The monoisotopic (exact) mass is 314 g/mol. The number of imide groups is 1. The quantitative estimate of drug-likeness (QED) is 0.836. The maximum atomic E-state index is 12.2. The highest BCUT2D eigenvalue weighted by molar-refractivity contribution is 6.02. The number of benzene rings is 1. The van der Waals surface area contributed by atoms with Crippen molar-refractivity contribution in [2.24, 2.45) is 0 Å². The highest BCUT2D eigenvalue weighted by Gasteiger charge is 2.29. The van der Waals surface area contributed by atoms with E-state index in [-0.39, 0.29) is 43.5 Å². The van der Waals surface area contributed by atoms with Crippen molar-refractivity contribution in [2.75, 3.05) is 13.6 Å². The Kier molecular flexibility index (Phi) is 4.10. The van der Waals surface area contributed by atoms with E-state index in [1.165, 1.54) is 4.90 Å². The van der Waals surface area contributed by atoms with Crippen LogP contribution in [0, 0.1) is 0 Å². The summed E-state index contributed by atoms with van der Waals surface area (Å²) in [5.74, 6) is 0.193. The number of hydrogen-bond donors (Lipinski definition) is 1. The topological polar surface area (TPSA) is 86.4 Å². The fraction of sp³-hybridized carbons (Fsp3) is 0.375. The van der Waals surface area contributed by atoms with E-state index in [1.54, 1.807) is 11.9 Å². The number of fused-ring (bicyclic) bond motifs is 1. The van der Waals surface area contributed by atoms with Gasteiger partial charge in [0, 0.05) is 32.9 Å². The summed E-state index contributed by atoms with van der Waals surface area (Å²) in [7, 11) is 1.68. The van der Waals surface area contributed by atoms with Crippen LogP contribution >= 0.6 is 0 Å². The molecule has 1 N–H and O–H groups in total. The van der Waals surface area contributed by atoms with Gasteiger partial charge in [0.2, 0.25) is 17.7 Å². The maximum absolute atomic E-state index is 12.2. The fourth-order valence-corrected chi connectivity index (χ4v) is 2.66. The lowest BCUT2D eigenvalue weighted by atomic mass is 10.3. The minimum atomic E-state index is -0.192. The molecule has 7 heteroatoms. The molecular formula is C16H18N4O3. The summed E-state index contributed by atoms with van der Waals surface area (Å²) in [5.41, 5.74) is 1.79. The van der Waals surface area contributed by atoms with Crippen LogP contribution in [-0.4, -0.2) is 51.1 Å². The number of rotatable bonds is 5. The molecule has 7 nitrogen and oxygen atoms in total. The number of aromatic amines is 1. The molecule has 2 heterocycles. The number of aromatic nitrogens is 2. The van der Waals surface area contributed by atoms with Crippen molar-refractivity contribution in [2.45, 2.75) is 25.8 Å². The summed E-state index contributed by atoms with van der Waals surface area (Å²) >= 11 is 0. The number of hydrogen-bond acceptors (Lipinski definition) is 4. The van der Waals surface area contributed by atoms with Crippen LogP contribution in [0.5, 0.6) is 0 Å². The first kappa shape index (κ1) is 15.2.